The molecule has 0 heterocycles. The number of nitrogens with two attached hydrogens (primary N) is 1. The Kier molecular flexibility index (Phi) is 9.02. The molecule has 0 aromatic heterocycles. The van der Waals surface area contributed by atoms with Crippen molar-refractivity contribution in [2.24, 2.45) is 11.7 Å². The average Bonchev–Trinajstić information content (AvgIpc) is 2.34. The van der Waals surface area contributed by atoms with E-state index in [9.17, 15) is 4.79 Å². The molecule has 0 spiro atoms. The van der Waals surface area contributed by atoms with E-state index in [0.717, 1.165) is 45.4 Å². The molecule has 0 bridgehead atoms. The van der Waals surface area contributed by atoms with Gasteiger partial charge in [-0.2, -0.15) is 0 Å². The van der Waals surface area contributed by atoms with E-state index in [1.807, 2.05) is 6.92 Å². The second-order valence-corrected chi connectivity index (χ2v) is 6.01. The van der Waals surface area contributed by atoms with Gasteiger partial charge in [-0.15, -0.1) is 0 Å². The molecular formula is C15H33N3O. The van der Waals surface area contributed by atoms with Crippen molar-refractivity contribution >= 4 is 5.91 Å². The molecule has 0 saturated carbocycles. The van der Waals surface area contributed by atoms with E-state index >= 15 is 0 Å². The number of carbonyl (C=O) groups excluding carboxylic acids is 1. The van der Waals surface area contributed by atoms with Crippen LogP contribution in [-0.4, -0.2) is 42.5 Å². The first-order chi connectivity index (χ1) is 8.85. The molecule has 0 aromatic rings. The Morgan fingerprint density at radius 1 is 1.37 bits per heavy atom. The molecule has 0 aliphatic heterocycles. The van der Waals surface area contributed by atoms with Crippen molar-refractivity contribution in [2.45, 2.75) is 59.4 Å². The molecule has 4 heteroatoms. The van der Waals surface area contributed by atoms with E-state index < -0.39 is 5.54 Å². The number of nitrogens with zero attached hydrogens (tertiary/aromatic N) is 1. The van der Waals surface area contributed by atoms with Gasteiger partial charge in [-0.05, 0) is 51.7 Å². The molecule has 114 valence electrons. The first kappa shape index (κ1) is 18.4. The van der Waals surface area contributed by atoms with Crippen LogP contribution in [0, 0.1) is 5.92 Å². The number of hydrogen-bond acceptors (Lipinski definition) is 3. The molecule has 0 saturated heterocycles. The standard InChI is InChI=1S/C15H33N3O/c1-6-10-17-15(5,14(16)19)9-8-11-18(7-2)12-13(3)4/h13,17H,6-12H2,1-5H3,(H2,16,19). The summed E-state index contributed by atoms with van der Waals surface area (Å²) in [7, 11) is 0. The fraction of sp³-hybridized carbons (Fsp3) is 0.933. The summed E-state index contributed by atoms with van der Waals surface area (Å²) in [6, 6.07) is 0. The van der Waals surface area contributed by atoms with Crippen LogP contribution in [0.2, 0.25) is 0 Å². The van der Waals surface area contributed by atoms with E-state index in [1.54, 1.807) is 0 Å². The van der Waals surface area contributed by atoms with Crippen molar-refractivity contribution in [1.29, 1.82) is 0 Å². The van der Waals surface area contributed by atoms with Gasteiger partial charge in [0.25, 0.3) is 0 Å². The Labute approximate surface area is 119 Å². The topological polar surface area (TPSA) is 58.4 Å². The van der Waals surface area contributed by atoms with Gasteiger partial charge < -0.3 is 16.0 Å². The number of primary amides is 1. The number of amides is 1. The van der Waals surface area contributed by atoms with Crippen LogP contribution in [0.4, 0.5) is 0 Å². The van der Waals surface area contributed by atoms with Crippen molar-refractivity contribution in [3.8, 4) is 0 Å². The molecule has 19 heavy (non-hydrogen) atoms. The van der Waals surface area contributed by atoms with Gasteiger partial charge in [0.05, 0.1) is 5.54 Å². The highest BCUT2D eigenvalue weighted by Crippen LogP contribution is 2.13. The summed E-state index contributed by atoms with van der Waals surface area (Å²) in [5.74, 6) is 0.438. The smallest absolute Gasteiger partial charge is 0.237 e. The van der Waals surface area contributed by atoms with Gasteiger partial charge in [0, 0.05) is 6.54 Å². The van der Waals surface area contributed by atoms with E-state index in [2.05, 4.69) is 37.9 Å². The quantitative estimate of drug-likeness (QED) is 0.604. The Balaban J connectivity index is 4.21. The molecule has 0 radical (unpaired) electrons. The minimum atomic E-state index is -0.562. The Hall–Kier alpha value is -0.610. The summed E-state index contributed by atoms with van der Waals surface area (Å²) in [5, 5.41) is 3.28. The third-order valence-electron chi connectivity index (χ3n) is 3.53. The Bertz CT molecular complexity index is 256. The molecule has 1 unspecified atom stereocenters. The zero-order valence-electron chi connectivity index (χ0n) is 13.5. The van der Waals surface area contributed by atoms with Crippen LogP contribution in [0.5, 0.6) is 0 Å². The van der Waals surface area contributed by atoms with Gasteiger partial charge in [0.15, 0.2) is 0 Å². The van der Waals surface area contributed by atoms with Gasteiger partial charge in [-0.25, -0.2) is 0 Å². The zero-order chi connectivity index (χ0) is 14.9. The van der Waals surface area contributed by atoms with Crippen LogP contribution in [-0.2, 0) is 4.79 Å². The van der Waals surface area contributed by atoms with Gasteiger partial charge in [0.1, 0.15) is 0 Å². The fourth-order valence-electron chi connectivity index (χ4n) is 2.25. The van der Waals surface area contributed by atoms with E-state index in [0.29, 0.717) is 5.92 Å². The minimum absolute atomic E-state index is 0.243. The maximum Gasteiger partial charge on any atom is 0.237 e. The fourth-order valence-corrected chi connectivity index (χ4v) is 2.25. The third-order valence-corrected chi connectivity index (χ3v) is 3.53. The van der Waals surface area contributed by atoms with Gasteiger partial charge in [-0.1, -0.05) is 27.7 Å². The van der Waals surface area contributed by atoms with Crippen LogP contribution in [0.25, 0.3) is 0 Å². The van der Waals surface area contributed by atoms with Gasteiger partial charge >= 0.3 is 0 Å². The monoisotopic (exact) mass is 271 g/mol. The van der Waals surface area contributed by atoms with Crippen molar-refractivity contribution in [2.75, 3.05) is 26.2 Å². The molecule has 0 aromatic carbocycles. The van der Waals surface area contributed by atoms with Gasteiger partial charge in [-0.3, -0.25) is 4.79 Å². The summed E-state index contributed by atoms with van der Waals surface area (Å²) in [6.07, 6.45) is 2.81. The second-order valence-electron chi connectivity index (χ2n) is 6.01. The van der Waals surface area contributed by atoms with E-state index in [1.165, 1.54) is 0 Å². The van der Waals surface area contributed by atoms with Crippen molar-refractivity contribution < 1.29 is 4.79 Å². The van der Waals surface area contributed by atoms with Gasteiger partial charge in [0.2, 0.25) is 5.91 Å². The SMILES string of the molecule is CCCNC(C)(CCCN(CC)CC(C)C)C(N)=O. The lowest BCUT2D eigenvalue weighted by molar-refractivity contribution is -0.124. The van der Waals surface area contributed by atoms with Crippen LogP contribution in [0.1, 0.15) is 53.9 Å². The number of carbonyl (C=O) groups is 1. The summed E-state index contributed by atoms with van der Waals surface area (Å²) >= 11 is 0. The number of rotatable bonds is 11. The first-order valence-corrected chi connectivity index (χ1v) is 7.63. The Morgan fingerprint density at radius 2 is 2.00 bits per heavy atom. The van der Waals surface area contributed by atoms with Crippen LogP contribution < -0.4 is 11.1 Å². The summed E-state index contributed by atoms with van der Waals surface area (Å²) in [4.78, 5) is 14.0. The molecule has 0 rings (SSSR count). The normalized spacial score (nSPS) is 14.9. The maximum atomic E-state index is 11.6. The van der Waals surface area contributed by atoms with E-state index in [4.69, 9.17) is 5.73 Å². The number of nitrogens with one attached hydrogen (secondary N) is 1. The zero-order valence-corrected chi connectivity index (χ0v) is 13.5. The van der Waals surface area contributed by atoms with Crippen LogP contribution >= 0.6 is 0 Å². The molecule has 3 N–H and O–H groups in total. The van der Waals surface area contributed by atoms with Crippen LogP contribution in [0.15, 0.2) is 0 Å². The molecule has 4 nitrogen and oxygen atoms in total. The largest absolute Gasteiger partial charge is 0.368 e. The predicted octanol–water partition coefficient (Wildman–Crippen LogP) is 1.99. The molecule has 1 atom stereocenters. The lowest BCUT2D eigenvalue weighted by Crippen LogP contribution is -2.53. The third kappa shape index (κ3) is 7.53. The van der Waals surface area contributed by atoms with Crippen LogP contribution in [0.3, 0.4) is 0 Å². The van der Waals surface area contributed by atoms with Crippen molar-refractivity contribution in [3.05, 3.63) is 0 Å². The van der Waals surface area contributed by atoms with Crippen molar-refractivity contribution in [1.82, 2.24) is 10.2 Å². The second kappa shape index (κ2) is 9.32. The Morgan fingerprint density at radius 3 is 2.42 bits per heavy atom. The molecule has 0 aliphatic carbocycles. The summed E-state index contributed by atoms with van der Waals surface area (Å²) < 4.78 is 0. The predicted molar refractivity (Wildman–Crippen MR) is 82.1 cm³/mol. The lowest BCUT2D eigenvalue weighted by atomic mass is 9.94. The highest BCUT2D eigenvalue weighted by molar-refractivity contribution is 5.84. The van der Waals surface area contributed by atoms with E-state index in [-0.39, 0.29) is 5.91 Å². The molecule has 1 amide bonds. The lowest BCUT2D eigenvalue weighted by Gasteiger charge is -2.29. The highest BCUT2D eigenvalue weighted by atomic mass is 16.1. The summed E-state index contributed by atoms with van der Waals surface area (Å²) in [6.45, 7) is 14.7. The minimum Gasteiger partial charge on any atom is -0.368 e. The molecule has 0 fully saturated rings. The first-order valence-electron chi connectivity index (χ1n) is 7.63. The van der Waals surface area contributed by atoms with Crippen molar-refractivity contribution in [3.63, 3.8) is 0 Å². The highest BCUT2D eigenvalue weighted by Gasteiger charge is 2.29. The molecular weight excluding hydrogens is 238 g/mol. The summed E-state index contributed by atoms with van der Waals surface area (Å²) in [5.41, 5.74) is 4.96. The molecule has 0 aliphatic rings. The average molecular weight is 271 g/mol. The maximum absolute atomic E-state index is 11.6. The number of hydrogen-bond donors (Lipinski definition) is 2.